The van der Waals surface area contributed by atoms with Gasteiger partial charge in [0.05, 0.1) is 0 Å². The summed E-state index contributed by atoms with van der Waals surface area (Å²) >= 11 is 0. The van der Waals surface area contributed by atoms with Crippen LogP contribution in [-0.4, -0.2) is 27.0 Å². The lowest BCUT2D eigenvalue weighted by Crippen LogP contribution is -2.24. The molecule has 0 bridgehead atoms. The molecule has 0 saturated heterocycles. The van der Waals surface area contributed by atoms with Crippen LogP contribution in [0.25, 0.3) is 17.0 Å². The SMILES string of the molecule is CCCNC(=O)c1ccn2c(-c3cc(F)cc(F)c3)nnc2c1. The lowest BCUT2D eigenvalue weighted by molar-refractivity contribution is 0.0953. The van der Waals surface area contributed by atoms with Gasteiger partial charge in [0.2, 0.25) is 0 Å². The molecule has 3 aromatic rings. The minimum atomic E-state index is -0.688. The van der Waals surface area contributed by atoms with Gasteiger partial charge < -0.3 is 5.32 Å². The third-order valence-corrected chi connectivity index (χ3v) is 3.33. The summed E-state index contributed by atoms with van der Waals surface area (Å²) in [5.74, 6) is -1.27. The van der Waals surface area contributed by atoms with E-state index in [4.69, 9.17) is 0 Å². The van der Waals surface area contributed by atoms with Crippen LogP contribution in [0.1, 0.15) is 23.7 Å². The van der Waals surface area contributed by atoms with E-state index in [0.29, 0.717) is 23.6 Å². The van der Waals surface area contributed by atoms with Crippen LogP contribution in [0.5, 0.6) is 0 Å². The molecular formula is C16H14F2N4O. The number of aromatic nitrogens is 3. The highest BCUT2D eigenvalue weighted by molar-refractivity contribution is 5.95. The summed E-state index contributed by atoms with van der Waals surface area (Å²) in [6.07, 6.45) is 2.45. The Morgan fingerprint density at radius 3 is 2.61 bits per heavy atom. The van der Waals surface area contributed by atoms with Crippen LogP contribution in [-0.2, 0) is 0 Å². The van der Waals surface area contributed by atoms with Gasteiger partial charge >= 0.3 is 0 Å². The Kier molecular flexibility index (Phi) is 4.01. The number of pyridine rings is 1. The first kappa shape index (κ1) is 15.1. The first-order valence-electron chi connectivity index (χ1n) is 7.18. The second-order valence-corrected chi connectivity index (χ2v) is 5.08. The van der Waals surface area contributed by atoms with Gasteiger partial charge in [-0.05, 0) is 30.7 Å². The molecule has 0 unspecified atom stereocenters. The molecule has 0 aliphatic heterocycles. The van der Waals surface area contributed by atoms with E-state index < -0.39 is 11.6 Å². The lowest BCUT2D eigenvalue weighted by atomic mass is 10.2. The number of carbonyl (C=O) groups is 1. The van der Waals surface area contributed by atoms with Gasteiger partial charge in [0.1, 0.15) is 11.6 Å². The highest BCUT2D eigenvalue weighted by atomic mass is 19.1. The first-order valence-corrected chi connectivity index (χ1v) is 7.18. The molecule has 0 atom stereocenters. The highest BCUT2D eigenvalue weighted by Gasteiger charge is 2.13. The van der Waals surface area contributed by atoms with Crippen molar-refractivity contribution in [3.63, 3.8) is 0 Å². The van der Waals surface area contributed by atoms with Crippen LogP contribution in [0.15, 0.2) is 36.5 Å². The predicted octanol–water partition coefficient (Wildman–Crippen LogP) is 2.81. The van der Waals surface area contributed by atoms with Gasteiger partial charge in [-0.2, -0.15) is 0 Å². The van der Waals surface area contributed by atoms with Crippen molar-refractivity contribution in [3.05, 3.63) is 53.7 Å². The molecule has 0 spiro atoms. The highest BCUT2D eigenvalue weighted by Crippen LogP contribution is 2.21. The molecule has 2 heterocycles. The lowest BCUT2D eigenvalue weighted by Gasteiger charge is -2.05. The average Bonchev–Trinajstić information content (AvgIpc) is 2.94. The fraction of sp³-hybridized carbons (Fsp3) is 0.188. The van der Waals surface area contributed by atoms with Crippen LogP contribution in [0.4, 0.5) is 8.78 Å². The van der Waals surface area contributed by atoms with Crippen LogP contribution >= 0.6 is 0 Å². The van der Waals surface area contributed by atoms with Gasteiger partial charge in [0.15, 0.2) is 11.5 Å². The van der Waals surface area contributed by atoms with Crippen molar-refractivity contribution in [2.45, 2.75) is 13.3 Å². The van der Waals surface area contributed by atoms with E-state index in [2.05, 4.69) is 15.5 Å². The molecule has 0 radical (unpaired) electrons. The van der Waals surface area contributed by atoms with Crippen molar-refractivity contribution >= 4 is 11.6 Å². The molecule has 1 amide bonds. The van der Waals surface area contributed by atoms with Crippen molar-refractivity contribution in [1.29, 1.82) is 0 Å². The molecule has 0 aliphatic carbocycles. The summed E-state index contributed by atoms with van der Waals surface area (Å²) in [4.78, 5) is 11.9. The monoisotopic (exact) mass is 316 g/mol. The molecule has 1 N–H and O–H groups in total. The number of fused-ring (bicyclic) bond motifs is 1. The zero-order chi connectivity index (χ0) is 16.4. The van der Waals surface area contributed by atoms with Crippen LogP contribution in [0.2, 0.25) is 0 Å². The van der Waals surface area contributed by atoms with E-state index in [1.165, 1.54) is 12.1 Å². The van der Waals surface area contributed by atoms with Gasteiger partial charge in [0, 0.05) is 29.9 Å². The third-order valence-electron chi connectivity index (χ3n) is 3.33. The molecule has 2 aromatic heterocycles. The maximum Gasteiger partial charge on any atom is 0.251 e. The van der Waals surface area contributed by atoms with Crippen molar-refractivity contribution in [2.24, 2.45) is 0 Å². The molecule has 0 aliphatic rings. The summed E-state index contributed by atoms with van der Waals surface area (Å²) in [7, 11) is 0. The standard InChI is InChI=1S/C16H14F2N4O/c1-2-4-19-16(23)10-3-5-22-14(8-10)20-21-15(22)11-6-12(17)9-13(18)7-11/h3,5-9H,2,4H2,1H3,(H,19,23). The minimum Gasteiger partial charge on any atom is -0.352 e. The zero-order valence-corrected chi connectivity index (χ0v) is 12.4. The second-order valence-electron chi connectivity index (χ2n) is 5.08. The first-order chi connectivity index (χ1) is 11.1. The van der Waals surface area contributed by atoms with E-state index in [9.17, 15) is 13.6 Å². The summed E-state index contributed by atoms with van der Waals surface area (Å²) in [5, 5.41) is 10.7. The Balaban J connectivity index is 2.00. The number of nitrogens with one attached hydrogen (secondary N) is 1. The van der Waals surface area contributed by atoms with Crippen LogP contribution < -0.4 is 5.32 Å². The number of benzene rings is 1. The van der Waals surface area contributed by atoms with E-state index in [-0.39, 0.29) is 11.5 Å². The van der Waals surface area contributed by atoms with Gasteiger partial charge in [-0.15, -0.1) is 10.2 Å². The quantitative estimate of drug-likeness (QED) is 0.805. The number of amides is 1. The number of nitrogens with zero attached hydrogens (tertiary/aromatic N) is 3. The molecule has 0 saturated carbocycles. The number of hydrogen-bond acceptors (Lipinski definition) is 3. The molecule has 3 rings (SSSR count). The topological polar surface area (TPSA) is 59.3 Å². The molecule has 1 aromatic carbocycles. The van der Waals surface area contributed by atoms with Gasteiger partial charge in [-0.3, -0.25) is 9.20 Å². The molecular weight excluding hydrogens is 302 g/mol. The summed E-state index contributed by atoms with van der Waals surface area (Å²) in [6, 6.07) is 6.35. The smallest absolute Gasteiger partial charge is 0.251 e. The molecule has 0 fully saturated rings. The van der Waals surface area contributed by atoms with E-state index in [0.717, 1.165) is 12.5 Å². The fourth-order valence-electron chi connectivity index (χ4n) is 2.25. The second kappa shape index (κ2) is 6.12. The minimum absolute atomic E-state index is 0.198. The Hall–Kier alpha value is -2.83. The van der Waals surface area contributed by atoms with Gasteiger partial charge in [-0.25, -0.2) is 8.78 Å². The van der Waals surface area contributed by atoms with E-state index in [1.807, 2.05) is 6.92 Å². The number of hydrogen-bond donors (Lipinski definition) is 1. The number of halogens is 2. The van der Waals surface area contributed by atoms with E-state index >= 15 is 0 Å². The average molecular weight is 316 g/mol. The largest absolute Gasteiger partial charge is 0.352 e. The van der Waals surface area contributed by atoms with Gasteiger partial charge in [-0.1, -0.05) is 6.92 Å². The molecule has 7 heteroatoms. The fourth-order valence-corrected chi connectivity index (χ4v) is 2.25. The Morgan fingerprint density at radius 2 is 1.91 bits per heavy atom. The third kappa shape index (κ3) is 3.03. The summed E-state index contributed by atoms with van der Waals surface area (Å²) in [6.45, 7) is 2.55. The van der Waals surface area contributed by atoms with Crippen molar-refractivity contribution < 1.29 is 13.6 Å². The maximum absolute atomic E-state index is 13.4. The Labute approximate surface area is 131 Å². The van der Waals surface area contributed by atoms with Crippen molar-refractivity contribution in [2.75, 3.05) is 6.54 Å². The summed E-state index contributed by atoms with van der Waals surface area (Å²) < 4.78 is 28.3. The maximum atomic E-state index is 13.4. The van der Waals surface area contributed by atoms with E-state index in [1.54, 1.807) is 22.7 Å². The molecule has 23 heavy (non-hydrogen) atoms. The predicted molar refractivity (Wildman–Crippen MR) is 81.0 cm³/mol. The van der Waals surface area contributed by atoms with Crippen LogP contribution in [0.3, 0.4) is 0 Å². The number of rotatable bonds is 4. The molecule has 118 valence electrons. The van der Waals surface area contributed by atoms with Crippen molar-refractivity contribution in [1.82, 2.24) is 19.9 Å². The Morgan fingerprint density at radius 1 is 1.17 bits per heavy atom. The Bertz CT molecular complexity index is 855. The van der Waals surface area contributed by atoms with Crippen LogP contribution in [0, 0.1) is 11.6 Å². The normalized spacial score (nSPS) is 10.9. The number of carbonyl (C=O) groups excluding carboxylic acids is 1. The molecule has 5 nitrogen and oxygen atoms in total. The zero-order valence-electron chi connectivity index (χ0n) is 12.4. The van der Waals surface area contributed by atoms with Gasteiger partial charge in [0.25, 0.3) is 5.91 Å². The summed E-state index contributed by atoms with van der Waals surface area (Å²) in [5.41, 5.74) is 1.15. The van der Waals surface area contributed by atoms with Crippen molar-refractivity contribution in [3.8, 4) is 11.4 Å².